The lowest BCUT2D eigenvalue weighted by Gasteiger charge is -2.34. The Balaban J connectivity index is 1.78. The Morgan fingerprint density at radius 2 is 1.84 bits per heavy atom. The van der Waals surface area contributed by atoms with Crippen LogP contribution < -0.4 is 10.1 Å². The fraction of sp³-hybridized carbons (Fsp3) is 0.321. The molecule has 0 spiro atoms. The molecule has 2 heterocycles. The second-order valence-corrected chi connectivity index (χ2v) is 9.48. The molecule has 4 aromatic rings. The largest absolute Gasteiger partial charge is 0.496 e. The molecule has 2 amide bonds. The first-order valence-electron chi connectivity index (χ1n) is 12.2. The van der Waals surface area contributed by atoms with Gasteiger partial charge >= 0.3 is 0 Å². The van der Waals surface area contributed by atoms with Crippen LogP contribution in [0.15, 0.2) is 73.1 Å². The lowest BCUT2D eigenvalue weighted by molar-refractivity contribution is -0.143. The number of para-hydroxylation sites is 2. The molecule has 37 heavy (non-hydrogen) atoms. The van der Waals surface area contributed by atoms with Gasteiger partial charge in [-0.05, 0) is 44.5 Å². The molecule has 0 saturated carbocycles. The molecule has 1 N–H and O–H groups in total. The monoisotopic (exact) mass is 500 g/mol. The number of amides is 2. The van der Waals surface area contributed by atoms with E-state index in [1.807, 2.05) is 75.4 Å². The van der Waals surface area contributed by atoms with Crippen molar-refractivity contribution in [2.45, 2.75) is 51.9 Å². The fourth-order valence-corrected chi connectivity index (χ4v) is 4.09. The van der Waals surface area contributed by atoms with Crippen LogP contribution in [0.5, 0.6) is 5.75 Å². The van der Waals surface area contributed by atoms with Crippen LogP contribution in [-0.2, 0) is 22.7 Å². The van der Waals surface area contributed by atoms with E-state index in [9.17, 15) is 9.59 Å². The Labute approximate surface area is 216 Å². The quantitative estimate of drug-likeness (QED) is 0.354. The summed E-state index contributed by atoms with van der Waals surface area (Å²) in [5.74, 6) is 0.0529. The SMILES string of the molecule is CCC(C)(C)NC(=O)[C@H](c1cccnc1)N(Cc1ccccc1OC)C(=O)Cn1nnc2ccccc21. The van der Waals surface area contributed by atoms with Gasteiger partial charge in [0.2, 0.25) is 11.8 Å². The standard InChI is InChI=1S/C28H32N6O3/c1-5-28(2,3)30-27(36)26(20-12-10-16-29-17-20)33(18-21-11-6-9-15-24(21)37-4)25(35)19-34-23-14-8-7-13-22(23)31-32-34/h6-17,26H,5,18-19H2,1-4H3,(H,30,36)/t26-/m0/s1. The number of benzene rings is 2. The number of nitrogens with one attached hydrogen (secondary N) is 1. The lowest BCUT2D eigenvalue weighted by Crippen LogP contribution is -2.50. The van der Waals surface area contributed by atoms with Crippen LogP contribution in [0.3, 0.4) is 0 Å². The number of fused-ring (bicyclic) bond motifs is 1. The highest BCUT2D eigenvalue weighted by molar-refractivity contribution is 5.89. The van der Waals surface area contributed by atoms with E-state index < -0.39 is 11.6 Å². The number of rotatable bonds is 10. The van der Waals surface area contributed by atoms with Crippen molar-refractivity contribution in [3.8, 4) is 5.75 Å². The third-order valence-corrected chi connectivity index (χ3v) is 6.46. The van der Waals surface area contributed by atoms with Crippen molar-refractivity contribution < 1.29 is 14.3 Å². The highest BCUT2D eigenvalue weighted by Crippen LogP contribution is 2.28. The number of hydrogen-bond acceptors (Lipinski definition) is 6. The molecule has 9 heteroatoms. The molecule has 1 atom stereocenters. The van der Waals surface area contributed by atoms with Gasteiger partial charge in [0.15, 0.2) is 0 Å². The van der Waals surface area contributed by atoms with Crippen molar-refractivity contribution in [3.63, 3.8) is 0 Å². The van der Waals surface area contributed by atoms with E-state index in [1.54, 1.807) is 35.2 Å². The van der Waals surface area contributed by atoms with Gasteiger partial charge in [-0.25, -0.2) is 4.68 Å². The lowest BCUT2D eigenvalue weighted by atomic mass is 9.99. The summed E-state index contributed by atoms with van der Waals surface area (Å²) < 4.78 is 7.11. The van der Waals surface area contributed by atoms with E-state index in [0.29, 0.717) is 16.8 Å². The molecule has 0 saturated heterocycles. The Morgan fingerprint density at radius 1 is 1.08 bits per heavy atom. The average Bonchev–Trinajstić information content (AvgIpc) is 3.31. The zero-order chi connectivity index (χ0) is 26.4. The molecule has 9 nitrogen and oxygen atoms in total. The van der Waals surface area contributed by atoms with Gasteiger partial charge in [-0.1, -0.05) is 48.5 Å². The minimum absolute atomic E-state index is 0.0864. The van der Waals surface area contributed by atoms with Crippen LogP contribution in [0.4, 0.5) is 0 Å². The maximum Gasteiger partial charge on any atom is 0.247 e. The number of nitrogens with zero attached hydrogens (tertiary/aromatic N) is 5. The number of methoxy groups -OCH3 is 1. The van der Waals surface area contributed by atoms with Gasteiger partial charge in [-0.3, -0.25) is 14.6 Å². The molecular weight excluding hydrogens is 468 g/mol. The number of ether oxygens (including phenoxy) is 1. The molecule has 2 aromatic carbocycles. The van der Waals surface area contributed by atoms with E-state index >= 15 is 0 Å². The first-order chi connectivity index (χ1) is 17.8. The van der Waals surface area contributed by atoms with Crippen molar-refractivity contribution in [1.82, 2.24) is 30.2 Å². The van der Waals surface area contributed by atoms with Gasteiger partial charge in [0.05, 0.1) is 19.2 Å². The minimum atomic E-state index is -0.924. The number of pyridine rings is 1. The zero-order valence-corrected chi connectivity index (χ0v) is 21.6. The maximum absolute atomic E-state index is 14.0. The molecule has 0 radical (unpaired) electrons. The summed E-state index contributed by atoms with van der Waals surface area (Å²) in [6.07, 6.45) is 3.99. The predicted molar refractivity (Wildman–Crippen MR) is 141 cm³/mol. The normalized spacial score (nSPS) is 12.2. The average molecular weight is 501 g/mol. The van der Waals surface area contributed by atoms with Crippen LogP contribution in [0.1, 0.15) is 44.4 Å². The van der Waals surface area contributed by atoms with Crippen molar-refractivity contribution in [1.29, 1.82) is 0 Å². The molecule has 0 aliphatic heterocycles. The van der Waals surface area contributed by atoms with Crippen LogP contribution in [-0.4, -0.2) is 49.3 Å². The molecule has 0 aliphatic carbocycles. The van der Waals surface area contributed by atoms with Crippen molar-refractivity contribution in [2.24, 2.45) is 0 Å². The summed E-state index contributed by atoms with van der Waals surface area (Å²) in [5, 5.41) is 11.5. The van der Waals surface area contributed by atoms with Crippen molar-refractivity contribution in [3.05, 3.63) is 84.2 Å². The number of hydrogen-bond donors (Lipinski definition) is 1. The minimum Gasteiger partial charge on any atom is -0.496 e. The van der Waals surface area contributed by atoms with Gasteiger partial charge < -0.3 is 15.0 Å². The third kappa shape index (κ3) is 5.94. The van der Waals surface area contributed by atoms with Crippen molar-refractivity contribution in [2.75, 3.05) is 7.11 Å². The zero-order valence-electron chi connectivity index (χ0n) is 21.6. The first-order valence-corrected chi connectivity index (χ1v) is 12.2. The number of carbonyl (C=O) groups is 2. The number of aromatic nitrogens is 4. The highest BCUT2D eigenvalue weighted by Gasteiger charge is 2.35. The number of carbonyl (C=O) groups excluding carboxylic acids is 2. The topological polar surface area (TPSA) is 102 Å². The van der Waals surface area contributed by atoms with E-state index in [2.05, 4.69) is 20.6 Å². The smallest absolute Gasteiger partial charge is 0.247 e. The van der Waals surface area contributed by atoms with Gasteiger partial charge in [-0.15, -0.1) is 5.10 Å². The molecule has 192 valence electrons. The van der Waals surface area contributed by atoms with Crippen LogP contribution in [0, 0.1) is 0 Å². The molecular formula is C28H32N6O3. The van der Waals surface area contributed by atoms with Crippen LogP contribution >= 0.6 is 0 Å². The Bertz CT molecular complexity index is 1370. The van der Waals surface area contributed by atoms with Crippen LogP contribution in [0.2, 0.25) is 0 Å². The van der Waals surface area contributed by atoms with Gasteiger partial charge in [0.1, 0.15) is 23.9 Å². The predicted octanol–water partition coefficient (Wildman–Crippen LogP) is 3.91. The van der Waals surface area contributed by atoms with Gasteiger partial charge in [-0.2, -0.15) is 0 Å². The second-order valence-electron chi connectivity index (χ2n) is 9.48. The molecule has 2 aromatic heterocycles. The molecule has 0 aliphatic rings. The summed E-state index contributed by atoms with van der Waals surface area (Å²) in [6, 6.07) is 17.6. The molecule has 4 rings (SSSR count). The van der Waals surface area contributed by atoms with E-state index in [4.69, 9.17) is 4.74 Å². The van der Waals surface area contributed by atoms with Crippen molar-refractivity contribution >= 4 is 22.8 Å². The molecule has 0 bridgehead atoms. The van der Waals surface area contributed by atoms with Gasteiger partial charge in [0.25, 0.3) is 0 Å². The highest BCUT2D eigenvalue weighted by atomic mass is 16.5. The van der Waals surface area contributed by atoms with Gasteiger partial charge in [0, 0.05) is 29.1 Å². The third-order valence-electron chi connectivity index (χ3n) is 6.46. The summed E-state index contributed by atoms with van der Waals surface area (Å²) >= 11 is 0. The maximum atomic E-state index is 14.0. The molecule has 0 fully saturated rings. The van der Waals surface area contributed by atoms with E-state index in [0.717, 1.165) is 17.5 Å². The Hall–Kier alpha value is -4.27. The van der Waals surface area contributed by atoms with E-state index in [1.165, 1.54) is 0 Å². The fourth-order valence-electron chi connectivity index (χ4n) is 4.09. The Morgan fingerprint density at radius 3 is 2.57 bits per heavy atom. The summed E-state index contributed by atoms with van der Waals surface area (Å²) in [4.78, 5) is 33.6. The summed E-state index contributed by atoms with van der Waals surface area (Å²) in [5.41, 5.74) is 2.36. The summed E-state index contributed by atoms with van der Waals surface area (Å²) in [7, 11) is 1.58. The summed E-state index contributed by atoms with van der Waals surface area (Å²) in [6.45, 7) is 5.98. The Kier molecular flexibility index (Phi) is 7.81. The molecule has 0 unspecified atom stereocenters. The first kappa shape index (κ1) is 25.8. The van der Waals surface area contributed by atoms with Crippen LogP contribution in [0.25, 0.3) is 11.0 Å². The van der Waals surface area contributed by atoms with E-state index in [-0.39, 0.29) is 24.9 Å². The second kappa shape index (κ2) is 11.2.